The fourth-order valence-electron chi connectivity index (χ4n) is 2.27. The number of hydrogen-bond donors (Lipinski definition) is 1. The fourth-order valence-corrected chi connectivity index (χ4v) is 2.27. The molecule has 2 atom stereocenters. The molecule has 0 aromatic carbocycles. The van der Waals surface area contributed by atoms with Crippen molar-refractivity contribution in [1.82, 2.24) is 4.90 Å². The minimum absolute atomic E-state index is 0.0166. The van der Waals surface area contributed by atoms with Crippen molar-refractivity contribution in [2.75, 3.05) is 13.2 Å². The molecular weight excluding hydrogens is 230 g/mol. The Morgan fingerprint density at radius 3 is 3.11 bits per heavy atom. The first-order valence-electron chi connectivity index (χ1n) is 6.33. The number of piperidine rings is 1. The Labute approximate surface area is 107 Å². The van der Waals surface area contributed by atoms with E-state index < -0.39 is 0 Å². The number of nitrogens with zero attached hydrogens (tertiary/aromatic N) is 1. The molecule has 98 valence electrons. The lowest BCUT2D eigenvalue weighted by molar-refractivity contribution is -0.130. The summed E-state index contributed by atoms with van der Waals surface area (Å²) in [5.74, 6) is 0.867. The molecule has 0 bridgehead atoms. The van der Waals surface area contributed by atoms with Crippen LogP contribution in [0, 0.1) is 5.92 Å². The quantitative estimate of drug-likeness (QED) is 0.833. The van der Waals surface area contributed by atoms with Gasteiger partial charge in [0.15, 0.2) is 0 Å². The first kappa shape index (κ1) is 12.9. The third kappa shape index (κ3) is 3.01. The predicted molar refractivity (Wildman–Crippen MR) is 68.7 cm³/mol. The van der Waals surface area contributed by atoms with Crippen LogP contribution in [0.5, 0.6) is 0 Å². The first-order chi connectivity index (χ1) is 8.70. The van der Waals surface area contributed by atoms with Crippen LogP contribution in [0.1, 0.15) is 25.5 Å². The predicted octanol–water partition coefficient (Wildman–Crippen LogP) is 1.91. The minimum Gasteiger partial charge on any atom is -0.465 e. The molecule has 1 aromatic heterocycles. The molecule has 0 spiro atoms. The van der Waals surface area contributed by atoms with Gasteiger partial charge >= 0.3 is 0 Å². The summed E-state index contributed by atoms with van der Waals surface area (Å²) < 4.78 is 5.14. The zero-order chi connectivity index (χ0) is 13.0. The van der Waals surface area contributed by atoms with Crippen molar-refractivity contribution < 1.29 is 14.3 Å². The summed E-state index contributed by atoms with van der Waals surface area (Å²) in [5.41, 5.74) is 0. The van der Waals surface area contributed by atoms with Crippen LogP contribution in [0.4, 0.5) is 0 Å². The molecule has 1 N–H and O–H groups in total. The van der Waals surface area contributed by atoms with E-state index >= 15 is 0 Å². The van der Waals surface area contributed by atoms with Gasteiger partial charge in [0.25, 0.3) is 0 Å². The van der Waals surface area contributed by atoms with Gasteiger partial charge in [-0.05, 0) is 43.9 Å². The number of hydrogen-bond acceptors (Lipinski definition) is 3. The Morgan fingerprint density at radius 2 is 2.44 bits per heavy atom. The van der Waals surface area contributed by atoms with Crippen LogP contribution in [-0.2, 0) is 4.79 Å². The van der Waals surface area contributed by atoms with Crippen molar-refractivity contribution in [2.24, 2.45) is 5.92 Å². The normalized spacial score (nSPS) is 24.7. The second kappa shape index (κ2) is 5.87. The average Bonchev–Trinajstić information content (AvgIpc) is 2.89. The highest BCUT2D eigenvalue weighted by Crippen LogP contribution is 2.21. The summed E-state index contributed by atoms with van der Waals surface area (Å²) in [6.45, 7) is 2.84. The Morgan fingerprint density at radius 1 is 1.61 bits per heavy atom. The third-order valence-electron chi connectivity index (χ3n) is 3.45. The van der Waals surface area contributed by atoms with Crippen LogP contribution in [0.25, 0.3) is 6.08 Å². The van der Waals surface area contributed by atoms with Crippen molar-refractivity contribution in [2.45, 2.75) is 25.8 Å². The van der Waals surface area contributed by atoms with Crippen LogP contribution < -0.4 is 0 Å². The van der Waals surface area contributed by atoms with E-state index in [1.54, 1.807) is 24.5 Å². The molecule has 1 aromatic rings. The van der Waals surface area contributed by atoms with E-state index in [0.717, 1.165) is 12.8 Å². The molecule has 2 unspecified atom stereocenters. The van der Waals surface area contributed by atoms with Crippen molar-refractivity contribution in [1.29, 1.82) is 0 Å². The van der Waals surface area contributed by atoms with Crippen molar-refractivity contribution in [3.8, 4) is 0 Å². The number of carbonyl (C=O) groups excluding carboxylic acids is 1. The molecule has 1 saturated heterocycles. The maximum atomic E-state index is 12.1. The van der Waals surface area contributed by atoms with Gasteiger partial charge in [-0.1, -0.05) is 0 Å². The molecule has 2 rings (SSSR count). The Balaban J connectivity index is 1.98. The first-order valence-corrected chi connectivity index (χ1v) is 6.33. The number of aliphatic hydroxyl groups is 1. The van der Waals surface area contributed by atoms with Crippen molar-refractivity contribution in [3.05, 3.63) is 30.2 Å². The standard InChI is InChI=1S/C14H19NO3/c1-11-4-5-12(10-16)9-15(11)14(17)7-6-13-3-2-8-18-13/h2-3,6-8,11-12,16H,4-5,9-10H2,1H3/b7-6+. The number of amides is 1. The molecule has 1 amide bonds. The highest BCUT2D eigenvalue weighted by atomic mass is 16.3. The summed E-state index contributed by atoms with van der Waals surface area (Å²) in [7, 11) is 0. The van der Waals surface area contributed by atoms with Gasteiger partial charge in [0.05, 0.1) is 6.26 Å². The SMILES string of the molecule is CC1CCC(CO)CN1C(=O)/C=C/c1ccco1. The van der Waals surface area contributed by atoms with Crippen LogP contribution in [0.2, 0.25) is 0 Å². The summed E-state index contributed by atoms with van der Waals surface area (Å²) in [5, 5.41) is 9.19. The molecule has 4 heteroatoms. The number of furan rings is 1. The molecule has 1 aliphatic heterocycles. The molecule has 1 aliphatic rings. The molecule has 0 radical (unpaired) electrons. The monoisotopic (exact) mass is 249 g/mol. The lowest BCUT2D eigenvalue weighted by Gasteiger charge is -2.36. The van der Waals surface area contributed by atoms with Gasteiger partial charge in [0.1, 0.15) is 5.76 Å². The molecule has 4 nitrogen and oxygen atoms in total. The van der Waals surface area contributed by atoms with Gasteiger partial charge < -0.3 is 14.4 Å². The average molecular weight is 249 g/mol. The lowest BCUT2D eigenvalue weighted by atomic mass is 9.94. The maximum absolute atomic E-state index is 12.1. The molecule has 2 heterocycles. The van der Waals surface area contributed by atoms with Gasteiger partial charge in [-0.3, -0.25) is 4.79 Å². The van der Waals surface area contributed by atoms with Crippen LogP contribution in [0.3, 0.4) is 0 Å². The molecule has 0 saturated carbocycles. The molecule has 1 fully saturated rings. The number of carbonyl (C=O) groups is 1. The summed E-state index contributed by atoms with van der Waals surface area (Å²) in [6, 6.07) is 3.83. The van der Waals surface area contributed by atoms with Gasteiger partial charge in [-0.2, -0.15) is 0 Å². The molecule has 0 aliphatic carbocycles. The smallest absolute Gasteiger partial charge is 0.246 e. The van der Waals surface area contributed by atoms with E-state index in [9.17, 15) is 9.90 Å². The Bertz CT molecular complexity index is 411. The number of likely N-dealkylation sites (tertiary alicyclic amines) is 1. The number of rotatable bonds is 3. The third-order valence-corrected chi connectivity index (χ3v) is 3.45. The maximum Gasteiger partial charge on any atom is 0.246 e. The zero-order valence-electron chi connectivity index (χ0n) is 10.6. The fraction of sp³-hybridized carbons (Fsp3) is 0.500. The van der Waals surface area contributed by atoms with Crippen LogP contribution >= 0.6 is 0 Å². The van der Waals surface area contributed by atoms with E-state index in [1.165, 1.54) is 6.08 Å². The summed E-state index contributed by atoms with van der Waals surface area (Å²) in [4.78, 5) is 13.9. The van der Waals surface area contributed by atoms with Crippen molar-refractivity contribution in [3.63, 3.8) is 0 Å². The molecule has 18 heavy (non-hydrogen) atoms. The second-order valence-electron chi connectivity index (χ2n) is 4.81. The largest absolute Gasteiger partial charge is 0.465 e. The van der Waals surface area contributed by atoms with Gasteiger partial charge in [-0.15, -0.1) is 0 Å². The minimum atomic E-state index is -0.0166. The van der Waals surface area contributed by atoms with E-state index in [0.29, 0.717) is 12.3 Å². The highest BCUT2D eigenvalue weighted by Gasteiger charge is 2.27. The van der Waals surface area contributed by atoms with Gasteiger partial charge in [0, 0.05) is 25.3 Å². The summed E-state index contributed by atoms with van der Waals surface area (Å²) in [6.07, 6.45) is 6.73. The van der Waals surface area contributed by atoms with Gasteiger partial charge in [0.2, 0.25) is 5.91 Å². The zero-order valence-corrected chi connectivity index (χ0v) is 10.6. The van der Waals surface area contributed by atoms with Gasteiger partial charge in [-0.25, -0.2) is 0 Å². The molecular formula is C14H19NO3. The summed E-state index contributed by atoms with van der Waals surface area (Å²) >= 11 is 0. The van der Waals surface area contributed by atoms with Crippen LogP contribution in [-0.4, -0.2) is 35.1 Å². The second-order valence-corrected chi connectivity index (χ2v) is 4.81. The Kier molecular flexibility index (Phi) is 4.20. The lowest BCUT2D eigenvalue weighted by Crippen LogP contribution is -2.45. The topological polar surface area (TPSA) is 53.7 Å². The van der Waals surface area contributed by atoms with E-state index in [2.05, 4.69) is 0 Å². The van der Waals surface area contributed by atoms with E-state index in [1.807, 2.05) is 11.8 Å². The van der Waals surface area contributed by atoms with Crippen molar-refractivity contribution >= 4 is 12.0 Å². The Hall–Kier alpha value is -1.55. The highest BCUT2D eigenvalue weighted by molar-refractivity contribution is 5.91. The number of aliphatic hydroxyl groups excluding tert-OH is 1. The van der Waals surface area contributed by atoms with E-state index in [-0.39, 0.29) is 24.5 Å². The van der Waals surface area contributed by atoms with Crippen LogP contribution in [0.15, 0.2) is 28.9 Å². The van der Waals surface area contributed by atoms with E-state index in [4.69, 9.17) is 4.42 Å².